The van der Waals surface area contributed by atoms with E-state index >= 15 is 0 Å². The van der Waals surface area contributed by atoms with Gasteiger partial charge in [0.05, 0.1) is 4.92 Å². The van der Waals surface area contributed by atoms with Gasteiger partial charge in [-0.05, 0) is 32.6 Å². The lowest BCUT2D eigenvalue weighted by Gasteiger charge is -2.13. The molecule has 8 nitrogen and oxygen atoms in total. The molecule has 1 saturated carbocycles. The van der Waals surface area contributed by atoms with E-state index in [-0.39, 0.29) is 29.3 Å². The van der Waals surface area contributed by atoms with Crippen molar-refractivity contribution < 1.29 is 9.66 Å². The SMILES string of the molecule is Cc1nc(NN)nc(OC2CCCC2)c1[N+](=O)[O-]. The zero-order valence-corrected chi connectivity index (χ0v) is 10.0. The van der Waals surface area contributed by atoms with Crippen molar-refractivity contribution in [3.63, 3.8) is 0 Å². The molecule has 0 saturated heterocycles. The standard InChI is InChI=1S/C10H15N5O3/c1-6-8(15(16)17)9(13-10(12-6)14-11)18-7-4-2-3-5-7/h7H,2-5,11H2,1H3,(H,12,13,14). The van der Waals surface area contributed by atoms with E-state index in [1.54, 1.807) is 0 Å². The zero-order valence-electron chi connectivity index (χ0n) is 10.0. The van der Waals surface area contributed by atoms with E-state index in [0.717, 1.165) is 25.7 Å². The molecule has 0 bridgehead atoms. The highest BCUT2D eigenvalue weighted by Crippen LogP contribution is 2.32. The van der Waals surface area contributed by atoms with E-state index in [9.17, 15) is 10.1 Å². The number of anilines is 1. The number of nitrogen functional groups attached to an aromatic ring is 1. The van der Waals surface area contributed by atoms with Crippen molar-refractivity contribution in [3.05, 3.63) is 15.8 Å². The Kier molecular flexibility index (Phi) is 3.56. The topological polar surface area (TPSA) is 116 Å². The van der Waals surface area contributed by atoms with Gasteiger partial charge in [0, 0.05) is 0 Å². The third kappa shape index (κ3) is 2.48. The van der Waals surface area contributed by atoms with Gasteiger partial charge in [-0.25, -0.2) is 10.8 Å². The van der Waals surface area contributed by atoms with Crippen LogP contribution in [-0.2, 0) is 0 Å². The fourth-order valence-electron chi connectivity index (χ4n) is 2.06. The molecule has 2 rings (SSSR count). The van der Waals surface area contributed by atoms with E-state index in [2.05, 4.69) is 15.4 Å². The number of nitrogens with two attached hydrogens (primary N) is 1. The fourth-order valence-corrected chi connectivity index (χ4v) is 2.06. The molecule has 0 unspecified atom stereocenters. The average Bonchev–Trinajstić information content (AvgIpc) is 2.80. The second kappa shape index (κ2) is 5.13. The van der Waals surface area contributed by atoms with E-state index in [0.29, 0.717) is 0 Å². The Morgan fingerprint density at radius 1 is 1.44 bits per heavy atom. The van der Waals surface area contributed by atoms with Crippen molar-refractivity contribution in [1.29, 1.82) is 0 Å². The number of hydrazine groups is 1. The lowest BCUT2D eigenvalue weighted by molar-refractivity contribution is -0.387. The van der Waals surface area contributed by atoms with Crippen molar-refractivity contribution in [2.24, 2.45) is 5.84 Å². The van der Waals surface area contributed by atoms with Crippen molar-refractivity contribution in [3.8, 4) is 5.88 Å². The molecule has 8 heteroatoms. The quantitative estimate of drug-likeness (QED) is 0.472. The van der Waals surface area contributed by atoms with Crippen LogP contribution >= 0.6 is 0 Å². The molecule has 18 heavy (non-hydrogen) atoms. The Morgan fingerprint density at radius 2 is 2.11 bits per heavy atom. The Labute approximate surface area is 104 Å². The molecule has 0 atom stereocenters. The molecule has 3 N–H and O–H groups in total. The summed E-state index contributed by atoms with van der Waals surface area (Å²) >= 11 is 0. The second-order valence-electron chi connectivity index (χ2n) is 4.21. The Balaban J connectivity index is 2.34. The Morgan fingerprint density at radius 3 is 2.67 bits per heavy atom. The van der Waals surface area contributed by atoms with E-state index in [4.69, 9.17) is 10.6 Å². The van der Waals surface area contributed by atoms with Crippen LogP contribution in [0.3, 0.4) is 0 Å². The number of hydrogen-bond donors (Lipinski definition) is 2. The first-order valence-corrected chi connectivity index (χ1v) is 5.78. The Hall–Kier alpha value is -1.96. The lowest BCUT2D eigenvalue weighted by atomic mass is 10.3. The number of hydrogen-bond acceptors (Lipinski definition) is 7. The highest BCUT2D eigenvalue weighted by Gasteiger charge is 2.27. The molecular weight excluding hydrogens is 238 g/mol. The number of aryl methyl sites for hydroxylation is 1. The number of nitrogens with zero attached hydrogens (tertiary/aromatic N) is 3. The van der Waals surface area contributed by atoms with Crippen molar-refractivity contribution in [2.45, 2.75) is 38.7 Å². The molecule has 1 aromatic rings. The van der Waals surface area contributed by atoms with Crippen LogP contribution in [0.5, 0.6) is 5.88 Å². The molecular formula is C10H15N5O3. The van der Waals surface area contributed by atoms with Crippen LogP contribution in [0.25, 0.3) is 0 Å². The van der Waals surface area contributed by atoms with Crippen molar-refractivity contribution >= 4 is 11.6 Å². The molecule has 1 aliphatic rings. The maximum atomic E-state index is 11.0. The summed E-state index contributed by atoms with van der Waals surface area (Å²) in [5.41, 5.74) is 2.31. The molecule has 0 spiro atoms. The minimum Gasteiger partial charge on any atom is -0.469 e. The highest BCUT2D eigenvalue weighted by atomic mass is 16.6. The molecule has 1 fully saturated rings. The summed E-state index contributed by atoms with van der Waals surface area (Å²) in [7, 11) is 0. The van der Waals surface area contributed by atoms with Crippen LogP contribution in [0.15, 0.2) is 0 Å². The minimum atomic E-state index is -0.528. The van der Waals surface area contributed by atoms with Gasteiger partial charge in [0.2, 0.25) is 5.95 Å². The number of nitrogens with one attached hydrogen (secondary N) is 1. The summed E-state index contributed by atoms with van der Waals surface area (Å²) in [5.74, 6) is 5.33. The predicted molar refractivity (Wildman–Crippen MR) is 64.1 cm³/mol. The van der Waals surface area contributed by atoms with Crippen LogP contribution in [0.2, 0.25) is 0 Å². The third-order valence-corrected chi connectivity index (χ3v) is 2.92. The summed E-state index contributed by atoms with van der Waals surface area (Å²) in [4.78, 5) is 18.3. The van der Waals surface area contributed by atoms with E-state index in [1.165, 1.54) is 6.92 Å². The summed E-state index contributed by atoms with van der Waals surface area (Å²) in [6.07, 6.45) is 3.93. The van der Waals surface area contributed by atoms with Gasteiger partial charge in [-0.1, -0.05) is 0 Å². The number of nitro groups is 1. The van der Waals surface area contributed by atoms with Gasteiger partial charge in [-0.15, -0.1) is 0 Å². The predicted octanol–water partition coefficient (Wildman–Crippen LogP) is 1.30. The summed E-state index contributed by atoms with van der Waals surface area (Å²) in [5, 5.41) is 11.0. The maximum absolute atomic E-state index is 11.0. The first-order valence-electron chi connectivity index (χ1n) is 5.78. The summed E-state index contributed by atoms with van der Waals surface area (Å²) < 4.78 is 5.60. The largest absolute Gasteiger partial charge is 0.469 e. The molecule has 1 heterocycles. The van der Waals surface area contributed by atoms with Crippen LogP contribution in [-0.4, -0.2) is 21.0 Å². The Bertz CT molecular complexity index is 459. The van der Waals surface area contributed by atoms with Crippen molar-refractivity contribution in [1.82, 2.24) is 9.97 Å². The first-order chi connectivity index (χ1) is 8.61. The van der Waals surface area contributed by atoms with Gasteiger partial charge in [-0.3, -0.25) is 15.5 Å². The summed E-state index contributed by atoms with van der Waals surface area (Å²) in [6.45, 7) is 1.53. The van der Waals surface area contributed by atoms with Crippen LogP contribution in [0.4, 0.5) is 11.6 Å². The molecule has 0 amide bonds. The van der Waals surface area contributed by atoms with E-state index in [1.807, 2.05) is 0 Å². The van der Waals surface area contributed by atoms with Gasteiger partial charge in [0.1, 0.15) is 11.8 Å². The first kappa shape index (κ1) is 12.5. The van der Waals surface area contributed by atoms with E-state index < -0.39 is 4.92 Å². The van der Waals surface area contributed by atoms with Crippen LogP contribution < -0.4 is 16.0 Å². The smallest absolute Gasteiger partial charge is 0.352 e. The van der Waals surface area contributed by atoms with Gasteiger partial charge in [-0.2, -0.15) is 4.98 Å². The minimum absolute atomic E-state index is 0.00708. The second-order valence-corrected chi connectivity index (χ2v) is 4.21. The van der Waals surface area contributed by atoms with Crippen LogP contribution in [0.1, 0.15) is 31.4 Å². The van der Waals surface area contributed by atoms with Gasteiger partial charge in [0.25, 0.3) is 5.88 Å². The average molecular weight is 253 g/mol. The number of aromatic nitrogens is 2. The fraction of sp³-hybridized carbons (Fsp3) is 0.600. The zero-order chi connectivity index (χ0) is 13.1. The van der Waals surface area contributed by atoms with Crippen LogP contribution in [0, 0.1) is 17.0 Å². The molecule has 1 aromatic heterocycles. The number of rotatable bonds is 4. The van der Waals surface area contributed by atoms with Gasteiger partial charge in [0.15, 0.2) is 0 Å². The molecule has 0 aromatic carbocycles. The lowest BCUT2D eigenvalue weighted by Crippen LogP contribution is -2.17. The maximum Gasteiger partial charge on any atom is 0.352 e. The van der Waals surface area contributed by atoms with Gasteiger partial charge < -0.3 is 4.74 Å². The third-order valence-electron chi connectivity index (χ3n) is 2.92. The molecule has 0 radical (unpaired) electrons. The van der Waals surface area contributed by atoms with Gasteiger partial charge >= 0.3 is 5.69 Å². The monoisotopic (exact) mass is 253 g/mol. The van der Waals surface area contributed by atoms with Crippen molar-refractivity contribution in [2.75, 3.05) is 5.43 Å². The molecule has 1 aliphatic carbocycles. The summed E-state index contributed by atoms with van der Waals surface area (Å²) in [6, 6.07) is 0. The number of ether oxygens (including phenoxy) is 1. The normalized spacial score (nSPS) is 15.7. The highest BCUT2D eigenvalue weighted by molar-refractivity contribution is 5.48. The molecule has 98 valence electrons. The molecule has 0 aliphatic heterocycles.